The van der Waals surface area contributed by atoms with Crippen LogP contribution < -0.4 is 0 Å². The maximum Gasteiger partial charge on any atom is 0.243 e. The summed E-state index contributed by atoms with van der Waals surface area (Å²) in [7, 11) is -3.40. The van der Waals surface area contributed by atoms with E-state index in [1.807, 2.05) is 6.92 Å². The largest absolute Gasteiger partial charge is 0.377 e. The molecule has 1 heterocycles. The van der Waals surface area contributed by atoms with Gasteiger partial charge < -0.3 is 4.74 Å². The molecule has 0 spiro atoms. The Hall–Kier alpha value is -0.430. The number of ether oxygens (including phenoxy) is 1. The molecule has 0 amide bonds. The third-order valence-corrected chi connectivity index (χ3v) is 5.27. The van der Waals surface area contributed by atoms with Crippen molar-refractivity contribution in [2.24, 2.45) is 0 Å². The lowest BCUT2D eigenvalue weighted by Crippen LogP contribution is -2.35. The van der Waals surface area contributed by atoms with Crippen LogP contribution in [0.1, 0.15) is 13.3 Å². The summed E-state index contributed by atoms with van der Waals surface area (Å²) in [5.74, 6) is 0. The lowest BCUT2D eigenvalue weighted by Gasteiger charge is -2.21. The van der Waals surface area contributed by atoms with Crippen molar-refractivity contribution in [2.45, 2.75) is 24.3 Å². The standard InChI is InChI=1S/C12H16BrNO3S/c1-10-9-14(7-2-8-17-10)18(15,16)12-5-3-11(13)4-6-12/h3-6,10H,2,7-9H2,1H3. The molecule has 1 aliphatic heterocycles. The molecular weight excluding hydrogens is 318 g/mol. The van der Waals surface area contributed by atoms with Crippen LogP contribution in [0.5, 0.6) is 0 Å². The molecule has 100 valence electrons. The fourth-order valence-electron chi connectivity index (χ4n) is 1.93. The van der Waals surface area contributed by atoms with Crippen molar-refractivity contribution in [1.29, 1.82) is 0 Å². The molecule has 1 aliphatic rings. The quantitative estimate of drug-likeness (QED) is 0.833. The zero-order chi connectivity index (χ0) is 13.2. The average Bonchev–Trinajstić information content (AvgIpc) is 2.55. The number of hydrogen-bond acceptors (Lipinski definition) is 3. The van der Waals surface area contributed by atoms with Crippen molar-refractivity contribution in [3.8, 4) is 0 Å². The second-order valence-electron chi connectivity index (χ2n) is 4.35. The molecule has 1 fully saturated rings. The van der Waals surface area contributed by atoms with Crippen LogP contribution in [0.3, 0.4) is 0 Å². The van der Waals surface area contributed by atoms with Crippen LogP contribution in [0.25, 0.3) is 0 Å². The molecule has 1 aromatic carbocycles. The monoisotopic (exact) mass is 333 g/mol. The predicted octanol–water partition coefficient (Wildman–Crippen LogP) is 2.25. The Labute approximate surface area is 116 Å². The lowest BCUT2D eigenvalue weighted by atomic mass is 10.4. The van der Waals surface area contributed by atoms with Gasteiger partial charge in [0.05, 0.1) is 11.0 Å². The van der Waals surface area contributed by atoms with Crippen molar-refractivity contribution in [3.05, 3.63) is 28.7 Å². The van der Waals surface area contributed by atoms with Gasteiger partial charge in [-0.3, -0.25) is 0 Å². The molecule has 0 bridgehead atoms. The third kappa shape index (κ3) is 3.12. The van der Waals surface area contributed by atoms with E-state index in [2.05, 4.69) is 15.9 Å². The van der Waals surface area contributed by atoms with Crippen molar-refractivity contribution in [2.75, 3.05) is 19.7 Å². The minimum absolute atomic E-state index is 0.0577. The Morgan fingerprint density at radius 2 is 2.00 bits per heavy atom. The van der Waals surface area contributed by atoms with Crippen molar-refractivity contribution in [1.82, 2.24) is 4.31 Å². The number of benzene rings is 1. The normalized spacial score (nSPS) is 22.7. The molecule has 0 aromatic heterocycles. The first-order valence-corrected chi connectivity index (χ1v) is 8.11. The van der Waals surface area contributed by atoms with Gasteiger partial charge in [-0.2, -0.15) is 4.31 Å². The number of nitrogens with zero attached hydrogens (tertiary/aromatic N) is 1. The molecule has 1 saturated heterocycles. The molecule has 6 heteroatoms. The second-order valence-corrected chi connectivity index (χ2v) is 7.21. The number of hydrogen-bond donors (Lipinski definition) is 0. The molecule has 4 nitrogen and oxygen atoms in total. The Bertz CT molecular complexity index is 501. The SMILES string of the molecule is CC1CN(S(=O)(=O)c2ccc(Br)cc2)CCCO1. The van der Waals surface area contributed by atoms with Gasteiger partial charge in [-0.05, 0) is 37.6 Å². The minimum atomic E-state index is -3.40. The van der Waals surface area contributed by atoms with E-state index in [4.69, 9.17) is 4.74 Å². The van der Waals surface area contributed by atoms with E-state index in [1.54, 1.807) is 24.3 Å². The molecular formula is C12H16BrNO3S. The van der Waals surface area contributed by atoms with E-state index in [9.17, 15) is 8.42 Å². The summed E-state index contributed by atoms with van der Waals surface area (Å²) < 4.78 is 32.8. The van der Waals surface area contributed by atoms with Crippen LogP contribution in [0.4, 0.5) is 0 Å². The molecule has 1 atom stereocenters. The molecule has 0 N–H and O–H groups in total. The van der Waals surface area contributed by atoms with Crippen LogP contribution >= 0.6 is 15.9 Å². The van der Waals surface area contributed by atoms with E-state index in [1.165, 1.54) is 4.31 Å². The summed E-state index contributed by atoms with van der Waals surface area (Å²) in [6, 6.07) is 6.72. The fourth-order valence-corrected chi connectivity index (χ4v) is 3.75. The highest BCUT2D eigenvalue weighted by Gasteiger charge is 2.27. The van der Waals surface area contributed by atoms with Crippen LogP contribution in [-0.2, 0) is 14.8 Å². The van der Waals surface area contributed by atoms with Gasteiger partial charge >= 0.3 is 0 Å². The van der Waals surface area contributed by atoms with Gasteiger partial charge in [-0.25, -0.2) is 8.42 Å². The van der Waals surface area contributed by atoms with Crippen molar-refractivity contribution in [3.63, 3.8) is 0 Å². The summed E-state index contributed by atoms with van der Waals surface area (Å²) in [6.07, 6.45) is 0.679. The first-order chi connectivity index (χ1) is 8.50. The highest BCUT2D eigenvalue weighted by Crippen LogP contribution is 2.20. The highest BCUT2D eigenvalue weighted by molar-refractivity contribution is 9.10. The predicted molar refractivity (Wildman–Crippen MR) is 72.9 cm³/mol. The van der Waals surface area contributed by atoms with Crippen molar-refractivity contribution < 1.29 is 13.2 Å². The van der Waals surface area contributed by atoms with Crippen LogP contribution in [0.2, 0.25) is 0 Å². The average molecular weight is 334 g/mol. The Morgan fingerprint density at radius 3 is 2.67 bits per heavy atom. The molecule has 1 aromatic rings. The van der Waals surface area contributed by atoms with Gasteiger partial charge in [0.2, 0.25) is 10.0 Å². The molecule has 0 aliphatic carbocycles. The number of rotatable bonds is 2. The van der Waals surface area contributed by atoms with Crippen LogP contribution in [-0.4, -0.2) is 38.5 Å². The molecule has 0 radical (unpaired) electrons. The van der Waals surface area contributed by atoms with E-state index in [-0.39, 0.29) is 6.10 Å². The summed E-state index contributed by atoms with van der Waals surface area (Å²) in [4.78, 5) is 0.333. The summed E-state index contributed by atoms with van der Waals surface area (Å²) in [5.41, 5.74) is 0. The van der Waals surface area contributed by atoms with E-state index in [0.29, 0.717) is 24.6 Å². The Morgan fingerprint density at radius 1 is 1.33 bits per heavy atom. The summed E-state index contributed by atoms with van der Waals surface area (Å²) in [5, 5.41) is 0. The third-order valence-electron chi connectivity index (χ3n) is 2.87. The first kappa shape index (κ1) is 14.0. The molecule has 0 saturated carbocycles. The maximum absolute atomic E-state index is 12.5. The van der Waals surface area contributed by atoms with Gasteiger partial charge in [0, 0.05) is 24.2 Å². The summed E-state index contributed by atoms with van der Waals surface area (Å²) >= 11 is 3.30. The highest BCUT2D eigenvalue weighted by atomic mass is 79.9. The molecule has 1 unspecified atom stereocenters. The second kappa shape index (κ2) is 5.69. The smallest absolute Gasteiger partial charge is 0.243 e. The summed E-state index contributed by atoms with van der Waals surface area (Å²) in [6.45, 7) is 3.45. The lowest BCUT2D eigenvalue weighted by molar-refractivity contribution is 0.0752. The number of sulfonamides is 1. The van der Waals surface area contributed by atoms with Gasteiger partial charge in [0.1, 0.15) is 0 Å². The van der Waals surface area contributed by atoms with Gasteiger partial charge in [0.25, 0.3) is 0 Å². The maximum atomic E-state index is 12.5. The zero-order valence-corrected chi connectivity index (χ0v) is 12.6. The zero-order valence-electron chi connectivity index (χ0n) is 10.2. The van der Waals surface area contributed by atoms with E-state index in [0.717, 1.165) is 10.9 Å². The van der Waals surface area contributed by atoms with Crippen LogP contribution in [0, 0.1) is 0 Å². The Balaban J connectivity index is 2.26. The van der Waals surface area contributed by atoms with E-state index < -0.39 is 10.0 Å². The topological polar surface area (TPSA) is 46.6 Å². The molecule has 18 heavy (non-hydrogen) atoms. The van der Waals surface area contributed by atoms with Gasteiger partial charge in [-0.1, -0.05) is 15.9 Å². The van der Waals surface area contributed by atoms with Gasteiger partial charge in [0.15, 0.2) is 0 Å². The van der Waals surface area contributed by atoms with Crippen LogP contribution in [0.15, 0.2) is 33.6 Å². The van der Waals surface area contributed by atoms with E-state index >= 15 is 0 Å². The minimum Gasteiger partial charge on any atom is -0.377 e. The van der Waals surface area contributed by atoms with Crippen molar-refractivity contribution >= 4 is 26.0 Å². The molecule has 2 rings (SSSR count). The fraction of sp³-hybridized carbons (Fsp3) is 0.500. The number of halogens is 1. The van der Waals surface area contributed by atoms with Gasteiger partial charge in [-0.15, -0.1) is 0 Å². The first-order valence-electron chi connectivity index (χ1n) is 5.87. The Kier molecular flexibility index (Phi) is 4.42.